The molecule has 0 saturated heterocycles. The molecule has 0 heterocycles. The average molecular weight is 677 g/mol. The summed E-state index contributed by atoms with van der Waals surface area (Å²) in [6.45, 7) is 11.3. The van der Waals surface area contributed by atoms with Crippen molar-refractivity contribution < 1.29 is 38.4 Å². The Morgan fingerprint density at radius 2 is 1.50 bits per heavy atom. The van der Waals surface area contributed by atoms with E-state index in [-0.39, 0.29) is 64.7 Å². The third-order valence-corrected chi connectivity index (χ3v) is 6.13. The number of halogens is 1. The van der Waals surface area contributed by atoms with Crippen LogP contribution in [0.3, 0.4) is 0 Å². The van der Waals surface area contributed by atoms with Gasteiger partial charge in [-0.3, -0.25) is 25.0 Å². The third kappa shape index (κ3) is 9.69. The van der Waals surface area contributed by atoms with Crippen LogP contribution in [0.4, 0.5) is 34.1 Å². The first-order valence-electron chi connectivity index (χ1n) is 12.6. The SMILES string of the molecule is C=C(C)C(=O)OCCN(CCOC(=O)C(=C)C)c1cc(NC(C)=O)c(/N=N/c2c(Br)cc([N+](=O)[O-])cc2[N+](=O)[O-])cc1OC. The molecule has 17 heteroatoms. The highest BCUT2D eigenvalue weighted by Gasteiger charge is 2.24. The molecule has 2 aromatic rings. The number of benzene rings is 2. The van der Waals surface area contributed by atoms with Gasteiger partial charge in [-0.2, -0.15) is 0 Å². The molecule has 0 aliphatic heterocycles. The van der Waals surface area contributed by atoms with Gasteiger partial charge in [0.05, 0.1) is 52.0 Å². The number of nitrogens with zero attached hydrogens (tertiary/aromatic N) is 5. The molecular formula is C27H29BrN6O10. The van der Waals surface area contributed by atoms with E-state index in [1.807, 2.05) is 0 Å². The lowest BCUT2D eigenvalue weighted by Gasteiger charge is -2.27. The minimum absolute atomic E-state index is 0.0164. The number of amides is 1. The summed E-state index contributed by atoms with van der Waals surface area (Å²) < 4.78 is 15.9. The van der Waals surface area contributed by atoms with E-state index in [1.165, 1.54) is 40.0 Å². The molecule has 0 saturated carbocycles. The molecule has 44 heavy (non-hydrogen) atoms. The van der Waals surface area contributed by atoms with Gasteiger partial charge < -0.3 is 24.4 Å². The maximum Gasteiger partial charge on any atom is 0.333 e. The number of anilines is 2. The summed E-state index contributed by atoms with van der Waals surface area (Å²) in [6.07, 6.45) is 0. The zero-order valence-electron chi connectivity index (χ0n) is 24.2. The van der Waals surface area contributed by atoms with E-state index in [2.05, 4.69) is 44.6 Å². The van der Waals surface area contributed by atoms with E-state index in [1.54, 1.807) is 4.90 Å². The van der Waals surface area contributed by atoms with Crippen LogP contribution in [-0.4, -0.2) is 61.1 Å². The van der Waals surface area contributed by atoms with Crippen molar-refractivity contribution in [3.8, 4) is 5.75 Å². The summed E-state index contributed by atoms with van der Waals surface area (Å²) in [5, 5.41) is 33.4. The summed E-state index contributed by atoms with van der Waals surface area (Å²) in [5.74, 6) is -1.50. The third-order valence-electron chi connectivity index (χ3n) is 5.53. The maximum absolute atomic E-state index is 12.1. The van der Waals surface area contributed by atoms with Gasteiger partial charge in [0.15, 0.2) is 5.69 Å². The molecule has 0 aliphatic carbocycles. The Morgan fingerprint density at radius 1 is 0.932 bits per heavy atom. The van der Waals surface area contributed by atoms with Gasteiger partial charge in [0.1, 0.15) is 24.7 Å². The minimum Gasteiger partial charge on any atom is -0.494 e. The molecule has 2 aromatic carbocycles. The number of methoxy groups -OCH3 is 1. The van der Waals surface area contributed by atoms with Crippen LogP contribution >= 0.6 is 15.9 Å². The summed E-state index contributed by atoms with van der Waals surface area (Å²) >= 11 is 3.07. The topological polar surface area (TPSA) is 205 Å². The summed E-state index contributed by atoms with van der Waals surface area (Å²) in [6, 6.07) is 4.66. The van der Waals surface area contributed by atoms with E-state index < -0.39 is 39.1 Å². The molecule has 0 radical (unpaired) electrons. The number of ether oxygens (including phenoxy) is 3. The number of non-ortho nitro benzene ring substituents is 1. The summed E-state index contributed by atoms with van der Waals surface area (Å²) in [5.41, 5.74) is -0.620. The average Bonchev–Trinajstić information content (AvgIpc) is 2.94. The molecule has 2 rings (SSSR count). The molecule has 16 nitrogen and oxygen atoms in total. The number of carbonyl (C=O) groups is 3. The van der Waals surface area contributed by atoms with Crippen LogP contribution in [0.1, 0.15) is 20.8 Å². The van der Waals surface area contributed by atoms with E-state index in [9.17, 15) is 34.6 Å². The zero-order chi connectivity index (χ0) is 33.1. The quantitative estimate of drug-likeness (QED) is 0.0796. The van der Waals surface area contributed by atoms with E-state index in [0.29, 0.717) is 5.69 Å². The number of hydrogen-bond donors (Lipinski definition) is 1. The molecule has 0 fully saturated rings. The lowest BCUT2D eigenvalue weighted by molar-refractivity contribution is -0.393. The first-order valence-corrected chi connectivity index (χ1v) is 13.4. The summed E-state index contributed by atoms with van der Waals surface area (Å²) in [7, 11) is 1.36. The lowest BCUT2D eigenvalue weighted by atomic mass is 10.2. The second-order valence-corrected chi connectivity index (χ2v) is 9.91. The second-order valence-electron chi connectivity index (χ2n) is 9.05. The van der Waals surface area contributed by atoms with Crippen LogP contribution in [0.5, 0.6) is 5.75 Å². The molecule has 0 bridgehead atoms. The van der Waals surface area contributed by atoms with Gasteiger partial charge in [0.25, 0.3) is 5.69 Å². The maximum atomic E-state index is 12.1. The van der Waals surface area contributed by atoms with Gasteiger partial charge in [-0.1, -0.05) is 13.2 Å². The fourth-order valence-corrected chi connectivity index (χ4v) is 3.97. The molecule has 0 unspecified atom stereocenters. The number of esters is 2. The van der Waals surface area contributed by atoms with Crippen molar-refractivity contribution in [1.82, 2.24) is 0 Å². The normalized spacial score (nSPS) is 10.6. The van der Waals surface area contributed by atoms with Gasteiger partial charge in [-0.15, -0.1) is 10.2 Å². The predicted molar refractivity (Wildman–Crippen MR) is 163 cm³/mol. The van der Waals surface area contributed by atoms with Crippen molar-refractivity contribution in [1.29, 1.82) is 0 Å². The van der Waals surface area contributed by atoms with Crippen LogP contribution < -0.4 is 15.0 Å². The van der Waals surface area contributed by atoms with Crippen LogP contribution in [0.2, 0.25) is 0 Å². The number of nitro groups is 2. The fraction of sp³-hybridized carbons (Fsp3) is 0.296. The van der Waals surface area contributed by atoms with E-state index in [4.69, 9.17) is 14.2 Å². The van der Waals surface area contributed by atoms with Crippen LogP contribution in [0, 0.1) is 20.2 Å². The van der Waals surface area contributed by atoms with E-state index in [0.717, 1.165) is 12.1 Å². The second kappa shape index (κ2) is 15.9. The minimum atomic E-state index is -0.844. The molecule has 1 N–H and O–H groups in total. The van der Waals surface area contributed by atoms with Gasteiger partial charge in [0.2, 0.25) is 5.91 Å². The smallest absolute Gasteiger partial charge is 0.333 e. The van der Waals surface area contributed by atoms with Crippen LogP contribution in [0.25, 0.3) is 0 Å². The molecular weight excluding hydrogens is 648 g/mol. The Balaban J connectivity index is 2.60. The van der Waals surface area contributed by atoms with E-state index >= 15 is 0 Å². The number of rotatable bonds is 15. The van der Waals surface area contributed by atoms with Crippen molar-refractivity contribution >= 4 is 67.9 Å². The number of nitro benzene ring substituents is 2. The number of nitrogens with one attached hydrogen (secondary N) is 1. The van der Waals surface area contributed by atoms with Gasteiger partial charge >= 0.3 is 17.6 Å². The Bertz CT molecular complexity index is 1510. The Labute approximate surface area is 259 Å². The standard InChI is InChI=1S/C27H29BrN6O10/c1-15(2)26(36)43-9-7-32(8-10-44-27(37)16(3)4)22-13-20(29-17(5)35)21(14-24(22)42-6)30-31-25-19(28)11-18(33(38)39)12-23(25)34(40)41/h11-14H,1,3,7-10H2,2,4-6H3,(H,29,35)/b31-30+. The molecule has 0 atom stereocenters. The first-order chi connectivity index (χ1) is 20.7. The summed E-state index contributed by atoms with van der Waals surface area (Å²) in [4.78, 5) is 58.8. The van der Waals surface area contributed by atoms with Crippen molar-refractivity contribution in [3.05, 3.63) is 73.3 Å². The zero-order valence-corrected chi connectivity index (χ0v) is 25.8. The Kier molecular flexibility index (Phi) is 12.6. The molecule has 1 amide bonds. The van der Waals surface area contributed by atoms with Crippen LogP contribution in [0.15, 0.2) is 63.3 Å². The molecule has 0 aliphatic rings. The Morgan fingerprint density at radius 3 is 1.95 bits per heavy atom. The molecule has 0 spiro atoms. The van der Waals surface area contributed by atoms with Gasteiger partial charge in [-0.05, 0) is 35.8 Å². The molecule has 234 valence electrons. The number of azo groups is 1. The Hall–Kier alpha value is -5.19. The van der Waals surface area contributed by atoms with Crippen LogP contribution in [-0.2, 0) is 23.9 Å². The highest BCUT2D eigenvalue weighted by molar-refractivity contribution is 9.10. The largest absolute Gasteiger partial charge is 0.494 e. The monoisotopic (exact) mass is 676 g/mol. The van der Waals surface area contributed by atoms with Gasteiger partial charge in [-0.25, -0.2) is 9.59 Å². The van der Waals surface area contributed by atoms with Crippen molar-refractivity contribution in [2.45, 2.75) is 20.8 Å². The van der Waals surface area contributed by atoms with Gasteiger partial charge in [0, 0.05) is 30.2 Å². The highest BCUT2D eigenvalue weighted by atomic mass is 79.9. The van der Waals surface area contributed by atoms with Crippen molar-refractivity contribution in [3.63, 3.8) is 0 Å². The molecule has 0 aromatic heterocycles. The van der Waals surface area contributed by atoms with Crippen molar-refractivity contribution in [2.24, 2.45) is 10.2 Å². The first kappa shape index (κ1) is 35.0. The number of hydrogen-bond acceptors (Lipinski definition) is 13. The van der Waals surface area contributed by atoms with Crippen molar-refractivity contribution in [2.75, 3.05) is 43.6 Å². The highest BCUT2D eigenvalue weighted by Crippen LogP contribution is 2.43. The fourth-order valence-electron chi connectivity index (χ4n) is 3.46. The predicted octanol–water partition coefficient (Wildman–Crippen LogP) is 5.69. The number of carbonyl (C=O) groups excluding carboxylic acids is 3. The lowest BCUT2D eigenvalue weighted by Crippen LogP contribution is -2.32.